The molecule has 1 aromatic rings. The first-order valence-electron chi connectivity index (χ1n) is 5.36. The van der Waals surface area contributed by atoms with Gasteiger partial charge < -0.3 is 10.2 Å². The largest absolute Gasteiger partial charge is 0.478 e. The molecule has 8 heteroatoms. The van der Waals surface area contributed by atoms with Crippen LogP contribution in [-0.2, 0) is 9.84 Å². The summed E-state index contributed by atoms with van der Waals surface area (Å²) in [5, 5.41) is 18.3. The number of hydrogen-bond donors (Lipinski definition) is 2. The van der Waals surface area contributed by atoms with E-state index in [1.54, 1.807) is 12.1 Å². The van der Waals surface area contributed by atoms with E-state index in [-0.39, 0.29) is 17.1 Å². The van der Waals surface area contributed by atoms with E-state index in [1.165, 1.54) is 6.07 Å². The molecule has 2 atom stereocenters. The minimum absolute atomic E-state index is 0.102. The van der Waals surface area contributed by atoms with E-state index < -0.39 is 27.2 Å². The minimum atomic E-state index is -3.24. The molecule has 2 rings (SSSR count). The third-order valence-electron chi connectivity index (χ3n) is 2.72. The molecular formula is C11H11BrO5S2. The topological polar surface area (TPSA) is 91.7 Å². The highest BCUT2D eigenvalue weighted by molar-refractivity contribution is 9.10. The number of benzene rings is 1. The maximum Gasteiger partial charge on any atom is 0.336 e. The molecule has 0 spiro atoms. The fourth-order valence-corrected chi connectivity index (χ4v) is 6.04. The average Bonchev–Trinajstić information content (AvgIpc) is 2.51. The first-order valence-corrected chi connectivity index (χ1v) is 8.86. The highest BCUT2D eigenvalue weighted by Gasteiger charge is 2.37. The van der Waals surface area contributed by atoms with Gasteiger partial charge in [-0.1, -0.05) is 15.9 Å². The molecule has 1 aromatic carbocycles. The summed E-state index contributed by atoms with van der Waals surface area (Å²) in [6.07, 6.45) is -0.962. The van der Waals surface area contributed by atoms with Crippen molar-refractivity contribution >= 4 is 43.5 Å². The van der Waals surface area contributed by atoms with Crippen molar-refractivity contribution in [2.75, 3.05) is 11.5 Å². The Morgan fingerprint density at radius 3 is 2.58 bits per heavy atom. The smallest absolute Gasteiger partial charge is 0.336 e. The van der Waals surface area contributed by atoms with Crippen LogP contribution in [0.3, 0.4) is 0 Å². The van der Waals surface area contributed by atoms with Crippen LogP contribution < -0.4 is 0 Å². The number of thioether (sulfide) groups is 1. The van der Waals surface area contributed by atoms with Crippen LogP contribution in [0, 0.1) is 0 Å². The Morgan fingerprint density at radius 1 is 1.37 bits per heavy atom. The van der Waals surface area contributed by atoms with E-state index >= 15 is 0 Å². The predicted octanol–water partition coefficient (Wildman–Crippen LogP) is 1.40. The lowest BCUT2D eigenvalue weighted by molar-refractivity contribution is 0.0693. The molecule has 0 aromatic heterocycles. The van der Waals surface area contributed by atoms with Gasteiger partial charge in [-0.05, 0) is 18.2 Å². The fraction of sp³-hybridized carbons (Fsp3) is 0.364. The highest BCUT2D eigenvalue weighted by Crippen LogP contribution is 2.34. The maximum absolute atomic E-state index is 11.4. The van der Waals surface area contributed by atoms with Crippen LogP contribution in [0.4, 0.5) is 0 Å². The van der Waals surface area contributed by atoms with Crippen molar-refractivity contribution < 1.29 is 23.4 Å². The number of carbonyl (C=O) groups is 1. The van der Waals surface area contributed by atoms with E-state index in [0.717, 1.165) is 11.8 Å². The third-order valence-corrected chi connectivity index (χ3v) is 6.52. The Bertz CT molecular complexity index is 614. The van der Waals surface area contributed by atoms with Gasteiger partial charge >= 0.3 is 5.97 Å². The van der Waals surface area contributed by atoms with E-state index in [2.05, 4.69) is 15.9 Å². The van der Waals surface area contributed by atoms with Crippen LogP contribution in [0.2, 0.25) is 0 Å². The molecule has 1 aliphatic heterocycles. The second kappa shape index (κ2) is 5.43. The normalized spacial score (nSPS) is 25.4. The Hall–Kier alpha value is -0.570. The van der Waals surface area contributed by atoms with E-state index in [4.69, 9.17) is 5.11 Å². The molecule has 2 unspecified atom stereocenters. The SMILES string of the molecule is O=C(O)c1ccc(Br)cc1SC1CS(=O)(=O)CC1O. The lowest BCUT2D eigenvalue weighted by atomic mass is 10.2. The van der Waals surface area contributed by atoms with Gasteiger partial charge in [0.05, 0.1) is 28.4 Å². The number of carboxylic acid groups (broad SMARTS) is 1. The molecule has 19 heavy (non-hydrogen) atoms. The molecule has 1 saturated heterocycles. The van der Waals surface area contributed by atoms with Crippen LogP contribution in [-0.4, -0.2) is 47.5 Å². The zero-order valence-electron chi connectivity index (χ0n) is 9.61. The van der Waals surface area contributed by atoms with E-state index in [0.29, 0.717) is 9.37 Å². The number of hydrogen-bond acceptors (Lipinski definition) is 5. The number of rotatable bonds is 3. The number of halogens is 1. The summed E-state index contributed by atoms with van der Waals surface area (Å²) in [6.45, 7) is 0. The molecule has 0 radical (unpaired) electrons. The summed E-state index contributed by atoms with van der Waals surface area (Å²) in [5.41, 5.74) is 0.102. The maximum atomic E-state index is 11.4. The Morgan fingerprint density at radius 2 is 2.05 bits per heavy atom. The van der Waals surface area contributed by atoms with Gasteiger partial charge in [-0.15, -0.1) is 11.8 Å². The molecule has 5 nitrogen and oxygen atoms in total. The monoisotopic (exact) mass is 366 g/mol. The van der Waals surface area contributed by atoms with Crippen molar-refractivity contribution in [3.63, 3.8) is 0 Å². The number of carboxylic acids is 1. The minimum Gasteiger partial charge on any atom is -0.478 e. The Kier molecular flexibility index (Phi) is 4.24. The van der Waals surface area contributed by atoms with Gasteiger partial charge in [0, 0.05) is 9.37 Å². The molecule has 1 heterocycles. The lowest BCUT2D eigenvalue weighted by Crippen LogP contribution is -2.20. The summed E-state index contributed by atoms with van der Waals surface area (Å²) in [4.78, 5) is 11.6. The van der Waals surface area contributed by atoms with Gasteiger partial charge in [-0.2, -0.15) is 0 Å². The van der Waals surface area contributed by atoms with Gasteiger partial charge in [-0.25, -0.2) is 13.2 Å². The Labute approximate surface area is 123 Å². The second-order valence-electron chi connectivity index (χ2n) is 4.25. The van der Waals surface area contributed by atoms with Crippen molar-refractivity contribution in [3.05, 3.63) is 28.2 Å². The molecule has 0 aliphatic carbocycles. The van der Waals surface area contributed by atoms with E-state index in [1.807, 2.05) is 0 Å². The molecule has 0 saturated carbocycles. The predicted molar refractivity (Wildman–Crippen MR) is 75.4 cm³/mol. The van der Waals surface area contributed by atoms with Crippen molar-refractivity contribution in [2.45, 2.75) is 16.2 Å². The average molecular weight is 367 g/mol. The van der Waals surface area contributed by atoms with Crippen molar-refractivity contribution in [2.24, 2.45) is 0 Å². The van der Waals surface area contributed by atoms with Crippen LogP contribution in [0.1, 0.15) is 10.4 Å². The van der Waals surface area contributed by atoms with Crippen LogP contribution in [0.15, 0.2) is 27.6 Å². The second-order valence-corrected chi connectivity index (χ2v) is 8.60. The molecule has 1 aliphatic rings. The molecule has 0 bridgehead atoms. The van der Waals surface area contributed by atoms with E-state index in [9.17, 15) is 18.3 Å². The van der Waals surface area contributed by atoms with Crippen LogP contribution in [0.25, 0.3) is 0 Å². The molecule has 2 N–H and O–H groups in total. The first kappa shape index (κ1) is 14.8. The van der Waals surface area contributed by atoms with Crippen LogP contribution in [0.5, 0.6) is 0 Å². The summed E-state index contributed by atoms with van der Waals surface area (Å²) < 4.78 is 23.6. The van der Waals surface area contributed by atoms with Crippen molar-refractivity contribution in [1.29, 1.82) is 0 Å². The molecular weight excluding hydrogens is 356 g/mol. The molecule has 104 valence electrons. The van der Waals surface area contributed by atoms with Gasteiger partial charge in [0.15, 0.2) is 9.84 Å². The molecule has 1 fully saturated rings. The zero-order valence-corrected chi connectivity index (χ0v) is 12.8. The standard InChI is InChI=1S/C11H11BrO5S2/c12-6-1-2-7(11(14)15)9(3-6)18-10-5-19(16,17)4-8(10)13/h1-3,8,10,13H,4-5H2,(H,14,15). The summed E-state index contributed by atoms with van der Waals surface area (Å²) in [6, 6.07) is 4.67. The number of sulfone groups is 1. The quantitative estimate of drug-likeness (QED) is 0.839. The van der Waals surface area contributed by atoms with Gasteiger partial charge in [0.2, 0.25) is 0 Å². The van der Waals surface area contributed by atoms with Gasteiger partial charge in [0.25, 0.3) is 0 Å². The van der Waals surface area contributed by atoms with Crippen molar-refractivity contribution in [1.82, 2.24) is 0 Å². The number of aromatic carboxylic acids is 1. The number of aliphatic hydroxyl groups is 1. The van der Waals surface area contributed by atoms with Crippen molar-refractivity contribution in [3.8, 4) is 0 Å². The summed E-state index contributed by atoms with van der Waals surface area (Å²) in [7, 11) is -3.24. The summed E-state index contributed by atoms with van der Waals surface area (Å²) >= 11 is 4.34. The third kappa shape index (κ3) is 3.50. The Balaban J connectivity index is 2.29. The number of aliphatic hydroxyl groups excluding tert-OH is 1. The molecule has 0 amide bonds. The fourth-order valence-electron chi connectivity index (χ4n) is 1.84. The highest BCUT2D eigenvalue weighted by atomic mass is 79.9. The van der Waals surface area contributed by atoms with Gasteiger partial charge in [-0.3, -0.25) is 0 Å². The first-order chi connectivity index (χ1) is 8.78. The summed E-state index contributed by atoms with van der Waals surface area (Å²) in [5.74, 6) is -1.48. The van der Waals surface area contributed by atoms with Gasteiger partial charge in [0.1, 0.15) is 0 Å². The van der Waals surface area contributed by atoms with Crippen LogP contribution >= 0.6 is 27.7 Å². The lowest BCUT2D eigenvalue weighted by Gasteiger charge is -2.14. The zero-order chi connectivity index (χ0) is 14.2.